The van der Waals surface area contributed by atoms with Crippen molar-refractivity contribution in [1.29, 1.82) is 0 Å². The lowest BCUT2D eigenvalue weighted by Gasteiger charge is -2.20. The lowest BCUT2D eigenvalue weighted by Crippen LogP contribution is -2.23. The third kappa shape index (κ3) is 3.04. The molecule has 1 aromatic carbocycles. The van der Waals surface area contributed by atoms with Crippen molar-refractivity contribution in [2.45, 2.75) is 19.4 Å². The number of nitrogens with zero attached hydrogens (tertiary/aromatic N) is 1. The number of anilines is 1. The predicted molar refractivity (Wildman–Crippen MR) is 84.8 cm³/mol. The number of pyridine rings is 1. The summed E-state index contributed by atoms with van der Waals surface area (Å²) in [7, 11) is 0. The number of thioether (sulfide) groups is 1. The van der Waals surface area contributed by atoms with Crippen LogP contribution >= 0.6 is 11.8 Å². The first-order chi connectivity index (χ1) is 9.67. The highest BCUT2D eigenvalue weighted by Gasteiger charge is 2.16. The second-order valence-corrected chi connectivity index (χ2v) is 5.48. The molecule has 2 rings (SSSR count). The van der Waals surface area contributed by atoms with Crippen molar-refractivity contribution in [3.63, 3.8) is 0 Å². The van der Waals surface area contributed by atoms with Crippen molar-refractivity contribution in [2.75, 3.05) is 17.3 Å². The number of aromatic carboxylic acids is 1. The molecule has 1 aromatic heterocycles. The molecule has 0 aliphatic heterocycles. The van der Waals surface area contributed by atoms with Gasteiger partial charge in [-0.15, -0.1) is 0 Å². The number of carboxylic acids is 1. The summed E-state index contributed by atoms with van der Waals surface area (Å²) in [5, 5.41) is 13.6. The van der Waals surface area contributed by atoms with E-state index in [-0.39, 0.29) is 11.6 Å². The minimum absolute atomic E-state index is 0.225. The largest absolute Gasteiger partial charge is 0.478 e. The molecule has 4 nitrogen and oxygen atoms in total. The fourth-order valence-corrected chi connectivity index (χ4v) is 2.85. The number of hydrogen-bond donors (Lipinski definition) is 2. The standard InChI is InChI=1S/C15H18N2O2S/c1-3-10(9-20-2)17-14-11-6-4-5-7-13(11)16-8-12(14)15(18)19/h4-8,10H,3,9H2,1-2H3,(H,16,17)(H,18,19). The summed E-state index contributed by atoms with van der Waals surface area (Å²) in [6.07, 6.45) is 4.42. The van der Waals surface area contributed by atoms with Gasteiger partial charge in [0.25, 0.3) is 0 Å². The van der Waals surface area contributed by atoms with Crippen molar-refractivity contribution in [3.05, 3.63) is 36.0 Å². The van der Waals surface area contributed by atoms with E-state index in [2.05, 4.69) is 17.2 Å². The number of hydrogen-bond acceptors (Lipinski definition) is 4. The van der Waals surface area contributed by atoms with Gasteiger partial charge in [-0.05, 0) is 18.7 Å². The molecule has 0 bridgehead atoms. The Morgan fingerprint density at radius 1 is 1.45 bits per heavy atom. The molecule has 2 N–H and O–H groups in total. The third-order valence-electron chi connectivity index (χ3n) is 3.21. The summed E-state index contributed by atoms with van der Waals surface area (Å²) in [6, 6.07) is 7.84. The van der Waals surface area contributed by atoms with E-state index in [0.29, 0.717) is 5.69 Å². The van der Waals surface area contributed by atoms with Crippen LogP contribution in [0.3, 0.4) is 0 Å². The number of benzene rings is 1. The zero-order valence-corrected chi connectivity index (χ0v) is 12.4. The minimum atomic E-state index is -0.954. The monoisotopic (exact) mass is 290 g/mol. The summed E-state index contributed by atoms with van der Waals surface area (Å²) >= 11 is 1.75. The number of nitrogens with one attached hydrogen (secondary N) is 1. The van der Waals surface area contributed by atoms with Crippen LogP contribution in [0.25, 0.3) is 10.9 Å². The molecule has 0 fully saturated rings. The number of carbonyl (C=O) groups is 1. The first-order valence-corrected chi connectivity index (χ1v) is 7.93. The van der Waals surface area contributed by atoms with E-state index in [1.165, 1.54) is 6.20 Å². The van der Waals surface area contributed by atoms with Gasteiger partial charge < -0.3 is 10.4 Å². The van der Waals surface area contributed by atoms with Crippen LogP contribution < -0.4 is 5.32 Å². The molecule has 0 radical (unpaired) electrons. The Morgan fingerprint density at radius 3 is 2.85 bits per heavy atom. The molecule has 2 aromatic rings. The van der Waals surface area contributed by atoms with Crippen LogP contribution in [0.4, 0.5) is 5.69 Å². The van der Waals surface area contributed by atoms with Crippen LogP contribution in [-0.4, -0.2) is 34.1 Å². The highest BCUT2D eigenvalue weighted by molar-refractivity contribution is 7.98. The maximum absolute atomic E-state index is 11.4. The molecule has 20 heavy (non-hydrogen) atoms. The average Bonchev–Trinajstić information content (AvgIpc) is 2.46. The molecule has 0 aliphatic rings. The molecule has 1 unspecified atom stereocenters. The smallest absolute Gasteiger partial charge is 0.339 e. The lowest BCUT2D eigenvalue weighted by atomic mass is 10.1. The van der Waals surface area contributed by atoms with Gasteiger partial charge in [0.05, 0.1) is 11.2 Å². The van der Waals surface area contributed by atoms with Crippen molar-refractivity contribution in [1.82, 2.24) is 4.98 Å². The van der Waals surface area contributed by atoms with Gasteiger partial charge in [-0.1, -0.05) is 25.1 Å². The SMILES string of the molecule is CCC(CSC)Nc1c(C(=O)O)cnc2ccccc12. The molecule has 5 heteroatoms. The van der Waals surface area contributed by atoms with E-state index >= 15 is 0 Å². The van der Waals surface area contributed by atoms with E-state index in [1.807, 2.05) is 30.5 Å². The van der Waals surface area contributed by atoms with E-state index in [1.54, 1.807) is 11.8 Å². The summed E-state index contributed by atoms with van der Waals surface area (Å²) in [5.41, 5.74) is 1.70. The number of fused-ring (bicyclic) bond motifs is 1. The van der Waals surface area contributed by atoms with Crippen LogP contribution in [0.5, 0.6) is 0 Å². The molecule has 0 aliphatic carbocycles. The fraction of sp³-hybridized carbons (Fsp3) is 0.333. The van der Waals surface area contributed by atoms with Crippen molar-refractivity contribution < 1.29 is 9.90 Å². The highest BCUT2D eigenvalue weighted by Crippen LogP contribution is 2.27. The van der Waals surface area contributed by atoms with Crippen LogP contribution in [0.15, 0.2) is 30.5 Å². The van der Waals surface area contributed by atoms with Gasteiger partial charge in [-0.3, -0.25) is 4.98 Å². The van der Waals surface area contributed by atoms with Gasteiger partial charge >= 0.3 is 5.97 Å². The number of rotatable bonds is 6. The van der Waals surface area contributed by atoms with Crippen LogP contribution in [0.1, 0.15) is 23.7 Å². The van der Waals surface area contributed by atoms with Crippen molar-refractivity contribution in [2.24, 2.45) is 0 Å². The Morgan fingerprint density at radius 2 is 2.20 bits per heavy atom. The Balaban J connectivity index is 2.51. The zero-order chi connectivity index (χ0) is 14.5. The van der Waals surface area contributed by atoms with Gasteiger partial charge in [-0.25, -0.2) is 4.79 Å². The second kappa shape index (κ2) is 6.61. The summed E-state index contributed by atoms with van der Waals surface area (Å²) in [5.74, 6) is -0.0172. The normalized spacial score (nSPS) is 12.3. The van der Waals surface area contributed by atoms with Crippen molar-refractivity contribution in [3.8, 4) is 0 Å². The zero-order valence-electron chi connectivity index (χ0n) is 11.6. The number of aromatic nitrogens is 1. The first kappa shape index (κ1) is 14.7. The number of carboxylic acid groups (broad SMARTS) is 1. The number of para-hydroxylation sites is 1. The minimum Gasteiger partial charge on any atom is -0.478 e. The van der Waals surface area contributed by atoms with Crippen molar-refractivity contribution >= 4 is 34.3 Å². The maximum Gasteiger partial charge on any atom is 0.339 e. The first-order valence-electron chi connectivity index (χ1n) is 6.53. The van der Waals surface area contributed by atoms with E-state index in [4.69, 9.17) is 0 Å². The molecule has 0 spiro atoms. The second-order valence-electron chi connectivity index (χ2n) is 4.57. The lowest BCUT2D eigenvalue weighted by molar-refractivity contribution is 0.0697. The van der Waals surface area contributed by atoms with Gasteiger partial charge in [0, 0.05) is 23.4 Å². The molecule has 0 saturated carbocycles. The van der Waals surface area contributed by atoms with Gasteiger partial charge in [-0.2, -0.15) is 11.8 Å². The molecule has 1 atom stereocenters. The summed E-state index contributed by atoms with van der Waals surface area (Å²) in [4.78, 5) is 15.6. The summed E-state index contributed by atoms with van der Waals surface area (Å²) < 4.78 is 0. The Kier molecular flexibility index (Phi) is 4.84. The Hall–Kier alpha value is -1.75. The van der Waals surface area contributed by atoms with E-state index in [0.717, 1.165) is 23.1 Å². The van der Waals surface area contributed by atoms with E-state index in [9.17, 15) is 9.90 Å². The Bertz CT molecular complexity index is 616. The van der Waals surface area contributed by atoms with Crippen LogP contribution in [0, 0.1) is 0 Å². The fourth-order valence-electron chi connectivity index (χ4n) is 2.13. The molecular weight excluding hydrogens is 272 g/mol. The molecule has 0 saturated heterocycles. The predicted octanol–water partition coefficient (Wildman–Crippen LogP) is 3.49. The molecule has 106 valence electrons. The third-order valence-corrected chi connectivity index (χ3v) is 3.95. The molecular formula is C15H18N2O2S. The van der Waals surface area contributed by atoms with E-state index < -0.39 is 5.97 Å². The highest BCUT2D eigenvalue weighted by atomic mass is 32.2. The van der Waals surface area contributed by atoms with Gasteiger partial charge in [0.2, 0.25) is 0 Å². The maximum atomic E-state index is 11.4. The topological polar surface area (TPSA) is 62.2 Å². The van der Waals surface area contributed by atoms with Crippen LogP contribution in [-0.2, 0) is 0 Å². The average molecular weight is 290 g/mol. The van der Waals surface area contributed by atoms with Gasteiger partial charge in [0.1, 0.15) is 5.56 Å². The Labute approximate surface area is 122 Å². The van der Waals surface area contributed by atoms with Gasteiger partial charge in [0.15, 0.2) is 0 Å². The molecule has 0 amide bonds. The summed E-state index contributed by atoms with van der Waals surface area (Å²) in [6.45, 7) is 2.09. The quantitative estimate of drug-likeness (QED) is 0.852. The van der Waals surface area contributed by atoms with Crippen LogP contribution in [0.2, 0.25) is 0 Å². The molecule has 1 heterocycles.